The van der Waals surface area contributed by atoms with Gasteiger partial charge in [-0.25, -0.2) is 0 Å². The molecule has 0 bridgehead atoms. The van der Waals surface area contributed by atoms with Gasteiger partial charge in [0, 0.05) is 27.8 Å². The van der Waals surface area contributed by atoms with Gasteiger partial charge in [-0.2, -0.15) is 0 Å². The highest BCUT2D eigenvalue weighted by Crippen LogP contribution is 2.21. The van der Waals surface area contributed by atoms with Crippen LogP contribution in [0.4, 0.5) is 0 Å². The van der Waals surface area contributed by atoms with Gasteiger partial charge in [0.2, 0.25) is 0 Å². The van der Waals surface area contributed by atoms with E-state index in [1.165, 1.54) is 0 Å². The third-order valence-electron chi connectivity index (χ3n) is 2.24. The van der Waals surface area contributed by atoms with E-state index in [1.54, 1.807) is 11.3 Å². The zero-order valence-corrected chi connectivity index (χ0v) is 12.2. The van der Waals surface area contributed by atoms with E-state index in [0.717, 1.165) is 9.35 Å². The molecule has 0 saturated heterocycles. The van der Waals surface area contributed by atoms with Crippen LogP contribution in [-0.2, 0) is 16.0 Å². The van der Waals surface area contributed by atoms with Crippen LogP contribution < -0.4 is 0 Å². The predicted octanol–water partition coefficient (Wildman–Crippen LogP) is 3.68. The van der Waals surface area contributed by atoms with Crippen molar-refractivity contribution >= 4 is 33.0 Å². The minimum absolute atomic E-state index is 0.172. The Balaban J connectivity index is 2.61. The molecule has 1 aromatic rings. The van der Waals surface area contributed by atoms with Gasteiger partial charge in [-0.05, 0) is 34.8 Å². The minimum Gasteiger partial charge on any atom is -0.370 e. The number of hydrogen-bond acceptors (Lipinski definition) is 3. The molecule has 1 heterocycles. The summed E-state index contributed by atoms with van der Waals surface area (Å²) in [5.41, 5.74) is 0. The number of ketones is 1. The SMILES string of the molecule is CCOC(C(=O)Cc1cc(Br)cs1)C(C)C. The molecule has 1 aromatic heterocycles. The van der Waals surface area contributed by atoms with Gasteiger partial charge < -0.3 is 4.74 Å². The number of halogens is 1. The van der Waals surface area contributed by atoms with Crippen molar-refractivity contribution < 1.29 is 9.53 Å². The fourth-order valence-electron chi connectivity index (χ4n) is 1.56. The highest BCUT2D eigenvalue weighted by molar-refractivity contribution is 9.10. The average molecular weight is 305 g/mol. The summed E-state index contributed by atoms with van der Waals surface area (Å²) >= 11 is 4.99. The summed E-state index contributed by atoms with van der Waals surface area (Å²) in [4.78, 5) is 13.1. The molecule has 0 saturated carbocycles. The summed E-state index contributed by atoms with van der Waals surface area (Å²) in [6.07, 6.45) is 0.199. The summed E-state index contributed by atoms with van der Waals surface area (Å²) in [6.45, 7) is 6.54. The van der Waals surface area contributed by atoms with Crippen LogP contribution in [0.3, 0.4) is 0 Å². The van der Waals surface area contributed by atoms with Crippen LogP contribution in [0, 0.1) is 5.92 Å². The highest BCUT2D eigenvalue weighted by atomic mass is 79.9. The lowest BCUT2D eigenvalue weighted by Gasteiger charge is -2.18. The Hall–Kier alpha value is -0.190. The lowest BCUT2D eigenvalue weighted by atomic mass is 10.0. The molecule has 0 aliphatic carbocycles. The Labute approximate surface area is 109 Å². The van der Waals surface area contributed by atoms with Crippen molar-refractivity contribution in [2.45, 2.75) is 33.3 Å². The quantitative estimate of drug-likeness (QED) is 0.801. The van der Waals surface area contributed by atoms with Gasteiger partial charge in [0.15, 0.2) is 5.78 Å². The van der Waals surface area contributed by atoms with Crippen molar-refractivity contribution in [1.82, 2.24) is 0 Å². The molecule has 90 valence electrons. The van der Waals surface area contributed by atoms with E-state index in [1.807, 2.05) is 32.2 Å². The fourth-order valence-corrected chi connectivity index (χ4v) is 3.02. The molecule has 0 fully saturated rings. The molecule has 1 rings (SSSR count). The average Bonchev–Trinajstić information content (AvgIpc) is 2.59. The van der Waals surface area contributed by atoms with Gasteiger partial charge in [0.25, 0.3) is 0 Å². The topological polar surface area (TPSA) is 26.3 Å². The normalized spacial score (nSPS) is 13.1. The second-order valence-electron chi connectivity index (χ2n) is 3.99. The second kappa shape index (κ2) is 6.52. The van der Waals surface area contributed by atoms with Gasteiger partial charge in [-0.3, -0.25) is 4.79 Å². The Bertz CT molecular complexity index is 347. The predicted molar refractivity (Wildman–Crippen MR) is 71.0 cm³/mol. The summed E-state index contributed by atoms with van der Waals surface area (Å²) in [5.74, 6) is 0.405. The standard InChI is InChI=1S/C12H17BrO2S/c1-4-15-12(8(2)3)11(14)6-10-5-9(13)7-16-10/h5,7-8,12H,4,6H2,1-3H3. The molecule has 0 radical (unpaired) electrons. The van der Waals surface area contributed by atoms with E-state index >= 15 is 0 Å². The summed E-state index contributed by atoms with van der Waals surface area (Å²) < 4.78 is 6.53. The van der Waals surface area contributed by atoms with E-state index in [0.29, 0.717) is 13.0 Å². The van der Waals surface area contributed by atoms with E-state index in [2.05, 4.69) is 15.9 Å². The van der Waals surface area contributed by atoms with Crippen LogP contribution in [-0.4, -0.2) is 18.5 Å². The lowest BCUT2D eigenvalue weighted by molar-refractivity contribution is -0.132. The first-order chi connectivity index (χ1) is 7.54. The highest BCUT2D eigenvalue weighted by Gasteiger charge is 2.22. The Morgan fingerprint density at radius 2 is 2.25 bits per heavy atom. The van der Waals surface area contributed by atoms with Crippen molar-refractivity contribution in [3.05, 3.63) is 20.8 Å². The Kier molecular flexibility index (Phi) is 5.66. The number of Topliss-reactive ketones (excluding diaryl/α,β-unsaturated/α-hetero) is 1. The van der Waals surface area contributed by atoms with Gasteiger partial charge in [0.1, 0.15) is 6.10 Å². The molecule has 0 aromatic carbocycles. The lowest BCUT2D eigenvalue weighted by Crippen LogP contribution is -2.30. The van der Waals surface area contributed by atoms with Crippen molar-refractivity contribution in [1.29, 1.82) is 0 Å². The van der Waals surface area contributed by atoms with E-state index in [9.17, 15) is 4.79 Å². The van der Waals surface area contributed by atoms with E-state index in [4.69, 9.17) is 4.74 Å². The third kappa shape index (κ3) is 4.00. The van der Waals surface area contributed by atoms with Crippen molar-refractivity contribution in [3.63, 3.8) is 0 Å². The molecule has 1 unspecified atom stereocenters. The van der Waals surface area contributed by atoms with Crippen LogP contribution in [0.25, 0.3) is 0 Å². The molecule has 4 heteroatoms. The van der Waals surface area contributed by atoms with Gasteiger partial charge >= 0.3 is 0 Å². The second-order valence-corrected chi connectivity index (χ2v) is 5.91. The van der Waals surface area contributed by atoms with Gasteiger partial charge in [-0.1, -0.05) is 13.8 Å². The molecule has 0 amide bonds. The van der Waals surface area contributed by atoms with Crippen LogP contribution in [0.5, 0.6) is 0 Å². The zero-order valence-electron chi connectivity index (χ0n) is 9.83. The molecular formula is C12H17BrO2S. The fraction of sp³-hybridized carbons (Fsp3) is 0.583. The van der Waals surface area contributed by atoms with Gasteiger partial charge in [-0.15, -0.1) is 11.3 Å². The van der Waals surface area contributed by atoms with Crippen LogP contribution in [0.2, 0.25) is 0 Å². The molecule has 1 atom stereocenters. The number of rotatable bonds is 6. The number of hydrogen-bond donors (Lipinski definition) is 0. The monoisotopic (exact) mass is 304 g/mol. The Morgan fingerprint density at radius 1 is 1.56 bits per heavy atom. The molecule has 0 N–H and O–H groups in total. The summed E-state index contributed by atoms with van der Waals surface area (Å²) in [6, 6.07) is 1.99. The molecular weight excluding hydrogens is 288 g/mol. The van der Waals surface area contributed by atoms with Crippen molar-refractivity contribution in [3.8, 4) is 0 Å². The molecule has 0 aliphatic rings. The maximum Gasteiger partial charge on any atom is 0.166 e. The van der Waals surface area contributed by atoms with Crippen LogP contribution >= 0.6 is 27.3 Å². The molecule has 0 spiro atoms. The van der Waals surface area contributed by atoms with Crippen molar-refractivity contribution in [2.75, 3.05) is 6.61 Å². The third-order valence-corrected chi connectivity index (χ3v) is 3.94. The van der Waals surface area contributed by atoms with E-state index in [-0.39, 0.29) is 17.8 Å². The van der Waals surface area contributed by atoms with Gasteiger partial charge in [0.05, 0.1) is 0 Å². The number of ether oxygens (including phenoxy) is 1. The molecule has 16 heavy (non-hydrogen) atoms. The zero-order chi connectivity index (χ0) is 12.1. The smallest absolute Gasteiger partial charge is 0.166 e. The van der Waals surface area contributed by atoms with E-state index < -0.39 is 0 Å². The largest absolute Gasteiger partial charge is 0.370 e. The molecule has 2 nitrogen and oxygen atoms in total. The summed E-state index contributed by atoms with van der Waals surface area (Å²) in [7, 11) is 0. The summed E-state index contributed by atoms with van der Waals surface area (Å²) in [5, 5.41) is 1.99. The first kappa shape index (κ1) is 13.9. The number of carbonyl (C=O) groups excluding carboxylic acids is 1. The first-order valence-corrected chi connectivity index (χ1v) is 7.09. The minimum atomic E-state index is -0.272. The Morgan fingerprint density at radius 3 is 2.69 bits per heavy atom. The number of carbonyl (C=O) groups is 1. The van der Waals surface area contributed by atoms with Crippen molar-refractivity contribution in [2.24, 2.45) is 5.92 Å². The van der Waals surface area contributed by atoms with Crippen LogP contribution in [0.1, 0.15) is 25.6 Å². The number of thiophene rings is 1. The maximum absolute atomic E-state index is 12.0. The first-order valence-electron chi connectivity index (χ1n) is 5.41. The van der Waals surface area contributed by atoms with Crippen LogP contribution in [0.15, 0.2) is 15.9 Å². The molecule has 0 aliphatic heterocycles. The maximum atomic E-state index is 12.0.